The number of nitrogen functional groups attached to an aromatic ring is 1. The number of hydrogen-bond acceptors (Lipinski definition) is 6. The molecule has 0 spiro atoms. The highest BCUT2D eigenvalue weighted by molar-refractivity contribution is 6.00. The lowest BCUT2D eigenvalue weighted by atomic mass is 10.1. The average molecular weight is 476 g/mol. The van der Waals surface area contributed by atoms with Crippen LogP contribution in [0.1, 0.15) is 52.0 Å². The Labute approximate surface area is 203 Å². The average Bonchev–Trinajstić information content (AvgIpc) is 3.37. The molecule has 1 aliphatic carbocycles. The lowest BCUT2D eigenvalue weighted by Crippen LogP contribution is -2.25. The molecule has 4 rings (SSSR count). The quantitative estimate of drug-likeness (QED) is 0.228. The van der Waals surface area contributed by atoms with Crippen LogP contribution in [0.3, 0.4) is 0 Å². The van der Waals surface area contributed by atoms with Gasteiger partial charge in [-0.2, -0.15) is 0 Å². The van der Waals surface area contributed by atoms with Gasteiger partial charge < -0.3 is 22.1 Å². The molecule has 6 N–H and O–H groups in total. The minimum Gasteiger partial charge on any atom is -0.399 e. The van der Waals surface area contributed by atoms with Crippen molar-refractivity contribution in [2.75, 3.05) is 11.1 Å². The Morgan fingerprint density at radius 1 is 0.971 bits per heavy atom. The zero-order valence-corrected chi connectivity index (χ0v) is 19.3. The number of nitrogens with one attached hydrogen (secondary N) is 2. The molecule has 1 fully saturated rings. The summed E-state index contributed by atoms with van der Waals surface area (Å²) in [4.78, 5) is 33.7. The summed E-state index contributed by atoms with van der Waals surface area (Å²) in [7, 11) is 0. The predicted octanol–water partition coefficient (Wildman–Crippen LogP) is 4.25. The topological polar surface area (TPSA) is 153 Å². The van der Waals surface area contributed by atoms with Crippen molar-refractivity contribution >= 4 is 28.9 Å². The van der Waals surface area contributed by atoms with Crippen LogP contribution in [0.5, 0.6) is 0 Å². The Hall–Kier alpha value is -4.40. The second-order valence-corrected chi connectivity index (χ2v) is 8.27. The molecule has 3 aromatic carbocycles. The van der Waals surface area contributed by atoms with Crippen LogP contribution < -0.4 is 22.1 Å². The van der Waals surface area contributed by atoms with Gasteiger partial charge in [-0.05, 0) is 48.7 Å². The van der Waals surface area contributed by atoms with Gasteiger partial charge >= 0.3 is 0 Å². The third-order valence-electron chi connectivity index (χ3n) is 5.66. The number of nitro benzene ring substituents is 1. The third kappa shape index (κ3) is 7.56. The van der Waals surface area contributed by atoms with Gasteiger partial charge in [-0.3, -0.25) is 19.7 Å². The van der Waals surface area contributed by atoms with Crippen LogP contribution >= 0.6 is 0 Å². The molecule has 9 heteroatoms. The van der Waals surface area contributed by atoms with Crippen LogP contribution in [0, 0.1) is 10.1 Å². The van der Waals surface area contributed by atoms with E-state index in [4.69, 9.17) is 11.5 Å². The number of non-ortho nitro benzene ring substituents is 1. The lowest BCUT2D eigenvalue weighted by Gasteiger charge is -2.17. The van der Waals surface area contributed by atoms with Crippen LogP contribution in [-0.4, -0.2) is 22.8 Å². The van der Waals surface area contributed by atoms with Crippen molar-refractivity contribution in [1.82, 2.24) is 5.32 Å². The first-order chi connectivity index (χ1) is 16.8. The molecule has 0 heterocycles. The zero-order valence-electron chi connectivity index (χ0n) is 19.3. The molecule has 0 bridgehead atoms. The Morgan fingerprint density at radius 3 is 2.20 bits per heavy atom. The van der Waals surface area contributed by atoms with E-state index in [0.29, 0.717) is 35.1 Å². The summed E-state index contributed by atoms with van der Waals surface area (Å²) >= 11 is 0. The molecule has 1 aliphatic rings. The predicted molar refractivity (Wildman–Crippen MR) is 136 cm³/mol. The van der Waals surface area contributed by atoms with E-state index in [1.54, 1.807) is 42.5 Å². The van der Waals surface area contributed by atoms with Crippen LogP contribution in [0.2, 0.25) is 0 Å². The van der Waals surface area contributed by atoms with E-state index >= 15 is 0 Å². The van der Waals surface area contributed by atoms with Crippen molar-refractivity contribution in [1.29, 1.82) is 0 Å². The van der Waals surface area contributed by atoms with Crippen molar-refractivity contribution in [3.8, 4) is 0 Å². The first kappa shape index (κ1) is 25.2. The Kier molecular flexibility index (Phi) is 8.77. The van der Waals surface area contributed by atoms with Crippen LogP contribution in [0.25, 0.3) is 0 Å². The minimum absolute atomic E-state index is 0.0976. The number of benzene rings is 3. The van der Waals surface area contributed by atoms with E-state index in [1.165, 1.54) is 12.1 Å². The second kappa shape index (κ2) is 12.2. The van der Waals surface area contributed by atoms with E-state index in [1.807, 2.05) is 18.2 Å². The van der Waals surface area contributed by atoms with E-state index < -0.39 is 4.92 Å². The summed E-state index contributed by atoms with van der Waals surface area (Å²) in [5.41, 5.74) is 13.6. The van der Waals surface area contributed by atoms with Gasteiger partial charge in [-0.15, -0.1) is 0 Å². The van der Waals surface area contributed by atoms with Gasteiger partial charge in [0.1, 0.15) is 0 Å². The minimum atomic E-state index is -0.490. The molecule has 0 aliphatic heterocycles. The van der Waals surface area contributed by atoms with Crippen LogP contribution in [0.4, 0.5) is 17.1 Å². The fraction of sp³-hybridized carbons (Fsp3) is 0.231. The summed E-state index contributed by atoms with van der Waals surface area (Å²) in [6.45, 7) is 0.324. The molecule has 9 nitrogen and oxygen atoms in total. The van der Waals surface area contributed by atoms with Gasteiger partial charge in [-0.25, -0.2) is 0 Å². The van der Waals surface area contributed by atoms with Gasteiger partial charge in [0, 0.05) is 41.7 Å². The summed E-state index contributed by atoms with van der Waals surface area (Å²) in [6, 6.07) is 20.6. The second-order valence-electron chi connectivity index (χ2n) is 8.27. The van der Waals surface area contributed by atoms with Gasteiger partial charge in [0.2, 0.25) is 5.91 Å². The monoisotopic (exact) mass is 475 g/mol. The molecule has 0 unspecified atom stereocenters. The van der Waals surface area contributed by atoms with Crippen LogP contribution in [-0.2, 0) is 6.54 Å². The number of carbonyl (C=O) groups excluding carboxylic acids is 2. The van der Waals surface area contributed by atoms with Crippen LogP contribution in [0.15, 0.2) is 72.8 Å². The molecule has 182 valence electrons. The van der Waals surface area contributed by atoms with Gasteiger partial charge in [0.25, 0.3) is 11.6 Å². The van der Waals surface area contributed by atoms with E-state index in [2.05, 4.69) is 10.6 Å². The molecular weight excluding hydrogens is 446 g/mol. The maximum atomic E-state index is 12.7. The first-order valence-corrected chi connectivity index (χ1v) is 11.4. The fourth-order valence-corrected chi connectivity index (χ4v) is 3.77. The number of rotatable bonds is 7. The van der Waals surface area contributed by atoms with E-state index in [-0.39, 0.29) is 17.5 Å². The Bertz CT molecular complexity index is 1160. The highest BCUT2D eigenvalue weighted by atomic mass is 16.6. The first-order valence-electron chi connectivity index (χ1n) is 11.4. The number of nitro groups is 1. The Morgan fingerprint density at radius 2 is 1.63 bits per heavy atom. The van der Waals surface area contributed by atoms with Crippen molar-refractivity contribution < 1.29 is 14.5 Å². The highest BCUT2D eigenvalue weighted by Crippen LogP contribution is 2.27. The molecule has 0 atom stereocenters. The molecule has 0 saturated heterocycles. The SMILES string of the molecule is NC(=O)c1ccccc1.Nc1ccc(CNC(=O)c2cc([N+](=O)[O-])ccc2NC2CCCC2)cc1. The number of amides is 2. The number of anilines is 2. The Balaban J connectivity index is 0.000000320. The summed E-state index contributed by atoms with van der Waals surface area (Å²) in [5, 5.41) is 17.3. The van der Waals surface area contributed by atoms with Crippen molar-refractivity contribution in [2.24, 2.45) is 5.73 Å². The smallest absolute Gasteiger partial charge is 0.270 e. The summed E-state index contributed by atoms with van der Waals surface area (Å²) < 4.78 is 0. The van der Waals surface area contributed by atoms with Crippen molar-refractivity contribution in [3.63, 3.8) is 0 Å². The highest BCUT2D eigenvalue weighted by Gasteiger charge is 2.20. The maximum Gasteiger partial charge on any atom is 0.270 e. The van der Waals surface area contributed by atoms with Crippen molar-refractivity contribution in [2.45, 2.75) is 38.3 Å². The van der Waals surface area contributed by atoms with E-state index in [0.717, 1.165) is 31.2 Å². The molecule has 3 aromatic rings. The normalized spacial score (nSPS) is 12.8. The molecular formula is C26H29N5O4. The number of nitrogens with two attached hydrogens (primary N) is 2. The van der Waals surface area contributed by atoms with E-state index in [9.17, 15) is 19.7 Å². The third-order valence-corrected chi connectivity index (χ3v) is 5.66. The standard InChI is InChI=1S/C19H22N4O3.C7H7NO/c20-14-7-5-13(6-8-14)12-21-19(24)17-11-16(23(25)26)9-10-18(17)22-15-3-1-2-4-15;8-7(9)6-4-2-1-3-5-6/h5-11,15,22H,1-4,12,20H2,(H,21,24);1-5H,(H2,8,9). The molecule has 0 aromatic heterocycles. The number of nitrogens with zero attached hydrogens (tertiary/aromatic N) is 1. The molecule has 35 heavy (non-hydrogen) atoms. The summed E-state index contributed by atoms with van der Waals surface area (Å²) in [5.74, 6) is -0.721. The number of hydrogen-bond donors (Lipinski definition) is 4. The molecule has 0 radical (unpaired) electrons. The maximum absolute atomic E-state index is 12.7. The number of carbonyl (C=O) groups is 2. The largest absolute Gasteiger partial charge is 0.399 e. The zero-order chi connectivity index (χ0) is 25.2. The fourth-order valence-electron chi connectivity index (χ4n) is 3.77. The van der Waals surface area contributed by atoms with Crippen molar-refractivity contribution in [3.05, 3.63) is 99.6 Å². The van der Waals surface area contributed by atoms with Gasteiger partial charge in [0.05, 0.1) is 10.5 Å². The summed E-state index contributed by atoms with van der Waals surface area (Å²) in [6.07, 6.45) is 4.40. The molecule has 1 saturated carbocycles. The van der Waals surface area contributed by atoms with Gasteiger partial charge in [0.15, 0.2) is 0 Å². The van der Waals surface area contributed by atoms with Gasteiger partial charge in [-0.1, -0.05) is 43.2 Å². The number of primary amides is 1. The lowest BCUT2D eigenvalue weighted by molar-refractivity contribution is -0.384. The molecule has 2 amide bonds.